The van der Waals surface area contributed by atoms with Crippen LogP contribution in [-0.4, -0.2) is 47.4 Å². The molecule has 1 aliphatic carbocycles. The normalized spacial score (nSPS) is 20.4. The van der Waals surface area contributed by atoms with Gasteiger partial charge >= 0.3 is 35.5 Å². The van der Waals surface area contributed by atoms with Crippen molar-refractivity contribution in [1.29, 1.82) is 0 Å². The molecular formula is C47H56N2NaO6S+. The van der Waals surface area contributed by atoms with Crippen LogP contribution in [0, 0.1) is 0 Å². The van der Waals surface area contributed by atoms with Crippen LogP contribution < -0.4 is 39.2 Å². The molecule has 3 aromatic carbocycles. The van der Waals surface area contributed by atoms with Gasteiger partial charge in [-0.2, -0.15) is 4.58 Å². The molecule has 0 bridgehead atoms. The Morgan fingerprint density at radius 1 is 0.895 bits per heavy atom. The second-order valence-corrected chi connectivity index (χ2v) is 17.3. The Bertz CT molecular complexity index is 2220. The fourth-order valence-corrected chi connectivity index (χ4v) is 9.10. The molecule has 0 aromatic heterocycles. The van der Waals surface area contributed by atoms with Gasteiger partial charge in [0, 0.05) is 53.9 Å². The maximum Gasteiger partial charge on any atom is 1.00 e. The molecule has 10 heteroatoms. The van der Waals surface area contributed by atoms with Crippen molar-refractivity contribution in [2.75, 3.05) is 18.0 Å². The summed E-state index contributed by atoms with van der Waals surface area (Å²) in [6, 6.07) is 22.8. The molecule has 2 aliphatic heterocycles. The van der Waals surface area contributed by atoms with Crippen molar-refractivity contribution in [3.63, 3.8) is 0 Å². The van der Waals surface area contributed by atoms with Gasteiger partial charge in [0.05, 0.1) is 10.3 Å². The summed E-state index contributed by atoms with van der Waals surface area (Å²) >= 11 is 0. The monoisotopic (exact) mass is 799 g/mol. The fourth-order valence-electron chi connectivity index (χ4n) is 8.63. The first-order valence-corrected chi connectivity index (χ1v) is 21.6. The number of carboxylic acids is 1. The van der Waals surface area contributed by atoms with Gasteiger partial charge in [-0.15, -0.1) is 0 Å². The van der Waals surface area contributed by atoms with E-state index in [2.05, 4.69) is 117 Å². The molecule has 1 atom stereocenters. The van der Waals surface area contributed by atoms with Crippen LogP contribution >= 0.6 is 0 Å². The first kappa shape index (κ1) is 44.4. The molecule has 1 N–H and O–H groups in total. The summed E-state index contributed by atoms with van der Waals surface area (Å²) in [6.45, 7) is 13.0. The van der Waals surface area contributed by atoms with Crippen molar-refractivity contribution in [2.24, 2.45) is 0 Å². The molecule has 0 saturated carbocycles. The molecule has 296 valence electrons. The van der Waals surface area contributed by atoms with Crippen molar-refractivity contribution in [3.05, 3.63) is 131 Å². The number of allylic oxidation sites excluding steroid dienone is 7. The second-order valence-electron chi connectivity index (χ2n) is 15.9. The Hall–Kier alpha value is -3.73. The number of aliphatic carboxylic acids is 1. The number of unbranched alkanes of at least 4 members (excludes halogenated alkanes) is 2. The van der Waals surface area contributed by atoms with Crippen molar-refractivity contribution in [1.82, 2.24) is 0 Å². The number of hydrogen-bond donors (Lipinski definition) is 1. The number of fused-ring (bicyclic) bond motifs is 2. The van der Waals surface area contributed by atoms with E-state index >= 15 is 0 Å². The van der Waals surface area contributed by atoms with E-state index in [0.29, 0.717) is 18.6 Å². The van der Waals surface area contributed by atoms with Crippen LogP contribution in [0.4, 0.5) is 11.4 Å². The first-order valence-electron chi connectivity index (χ1n) is 20.2. The van der Waals surface area contributed by atoms with Crippen LogP contribution in [-0.2, 0) is 25.7 Å². The number of benzene rings is 3. The van der Waals surface area contributed by atoms with E-state index in [1.807, 2.05) is 0 Å². The molecule has 57 heavy (non-hydrogen) atoms. The minimum atomic E-state index is -4.61. The third-order valence-corrected chi connectivity index (χ3v) is 12.5. The Labute approximate surface area is 361 Å². The molecule has 0 amide bonds. The van der Waals surface area contributed by atoms with E-state index in [0.717, 1.165) is 80.6 Å². The maximum absolute atomic E-state index is 11.7. The van der Waals surface area contributed by atoms with Gasteiger partial charge in [-0.3, -0.25) is 4.79 Å². The molecule has 0 saturated heterocycles. The zero-order chi connectivity index (χ0) is 40.1. The standard InChI is InChI=1S/C47H56N2O6S.Na/c1-6-8-32-48-40-20-12-10-18-38(40)46(3,4)42(48)29-23-34-16-14-17-35(45(34)55-36-25-27-37(28-26-36)56(52,53)54)24-30-43-47(5,31-15-22-44(50)51)39-19-11-13-21-41(39)49(43)33-9-7-2;/h10-13,18-21,23-30H,6-9,14-17,22,31-33H2,1-5H3,(H-,50,51,52,53,54);/q;+1. The van der Waals surface area contributed by atoms with Gasteiger partial charge in [-0.05, 0) is 118 Å². The number of hydrogen-bond acceptors (Lipinski definition) is 6. The summed E-state index contributed by atoms with van der Waals surface area (Å²) in [4.78, 5) is 13.7. The molecular weight excluding hydrogens is 744 g/mol. The Balaban J connectivity index is 0.00000620. The van der Waals surface area contributed by atoms with E-state index < -0.39 is 16.1 Å². The molecule has 3 aromatic rings. The second kappa shape index (κ2) is 18.9. The quantitative estimate of drug-likeness (QED) is 0.0909. The summed E-state index contributed by atoms with van der Waals surface area (Å²) in [5.74, 6) is 0.378. The Morgan fingerprint density at radius 2 is 1.58 bits per heavy atom. The molecule has 0 radical (unpaired) electrons. The van der Waals surface area contributed by atoms with Gasteiger partial charge in [-0.1, -0.05) is 69.2 Å². The fraction of sp³-hybridized carbons (Fsp3) is 0.404. The van der Waals surface area contributed by atoms with Crippen LogP contribution in [0.25, 0.3) is 0 Å². The van der Waals surface area contributed by atoms with Gasteiger partial charge in [-0.25, -0.2) is 8.42 Å². The zero-order valence-electron chi connectivity index (χ0n) is 34.5. The van der Waals surface area contributed by atoms with E-state index in [-0.39, 0.29) is 51.7 Å². The molecule has 8 nitrogen and oxygen atoms in total. The largest absolute Gasteiger partial charge is 1.00 e. The number of ether oxygens (including phenoxy) is 1. The van der Waals surface area contributed by atoms with Crippen LogP contribution in [0.15, 0.2) is 125 Å². The van der Waals surface area contributed by atoms with Gasteiger partial charge < -0.3 is 19.3 Å². The smallest absolute Gasteiger partial charge is 0.744 e. The van der Waals surface area contributed by atoms with Crippen molar-refractivity contribution >= 4 is 33.2 Å². The van der Waals surface area contributed by atoms with Crippen molar-refractivity contribution < 1.29 is 61.7 Å². The van der Waals surface area contributed by atoms with Gasteiger partial charge in [0.1, 0.15) is 28.2 Å². The average Bonchev–Trinajstić information content (AvgIpc) is 3.54. The van der Waals surface area contributed by atoms with Gasteiger partial charge in [0.25, 0.3) is 0 Å². The van der Waals surface area contributed by atoms with Crippen LogP contribution in [0.1, 0.15) is 110 Å². The third kappa shape index (κ3) is 9.60. The van der Waals surface area contributed by atoms with E-state index in [1.165, 1.54) is 40.3 Å². The Kier molecular flexibility index (Phi) is 14.7. The topological polar surface area (TPSA) is 110 Å². The van der Waals surface area contributed by atoms with E-state index in [4.69, 9.17) is 4.74 Å². The van der Waals surface area contributed by atoms with Crippen molar-refractivity contribution in [3.8, 4) is 5.75 Å². The first-order chi connectivity index (χ1) is 26.8. The van der Waals surface area contributed by atoms with Crippen LogP contribution in [0.3, 0.4) is 0 Å². The number of carbonyl (C=O) groups is 1. The molecule has 0 fully saturated rings. The summed E-state index contributed by atoms with van der Waals surface area (Å²) < 4.78 is 44.4. The average molecular weight is 800 g/mol. The van der Waals surface area contributed by atoms with Crippen LogP contribution in [0.2, 0.25) is 0 Å². The minimum absolute atomic E-state index is 0. The molecule has 1 unspecified atom stereocenters. The number of anilines is 1. The minimum Gasteiger partial charge on any atom is -0.744 e. The number of carboxylic acid groups (broad SMARTS) is 1. The summed E-state index contributed by atoms with van der Waals surface area (Å²) in [5, 5.41) is 9.54. The summed E-state index contributed by atoms with van der Waals surface area (Å²) in [7, 11) is -4.61. The Morgan fingerprint density at radius 3 is 2.26 bits per heavy atom. The molecule has 3 aliphatic rings. The van der Waals surface area contributed by atoms with Crippen LogP contribution in [0.5, 0.6) is 5.75 Å². The summed E-state index contributed by atoms with van der Waals surface area (Å²) in [6.07, 6.45) is 16.9. The molecule has 6 rings (SSSR count). The third-order valence-electron chi connectivity index (χ3n) is 11.7. The number of rotatable bonds is 16. The van der Waals surface area contributed by atoms with Crippen molar-refractivity contribution in [2.45, 2.75) is 115 Å². The summed E-state index contributed by atoms with van der Waals surface area (Å²) in [5.41, 5.74) is 8.77. The van der Waals surface area contributed by atoms with E-state index in [1.54, 1.807) is 12.1 Å². The predicted molar refractivity (Wildman–Crippen MR) is 223 cm³/mol. The molecule has 0 spiro atoms. The predicted octanol–water partition coefficient (Wildman–Crippen LogP) is 7.49. The SMILES string of the molecule is CCCCN1/C(=C/C=C2\CCCC(/C=C/C3=[N+](CCCC)c4ccccc4C3(C)C)=C2Oc2ccc(S(=O)(=O)[O-])cc2)C(C)(CCCC(=O)O)c2ccccc21.[Na+]. The van der Waals surface area contributed by atoms with Gasteiger partial charge in [0.15, 0.2) is 5.71 Å². The van der Waals surface area contributed by atoms with Gasteiger partial charge in [0.2, 0.25) is 5.69 Å². The van der Waals surface area contributed by atoms with E-state index in [9.17, 15) is 22.9 Å². The zero-order valence-corrected chi connectivity index (χ0v) is 37.3. The number of para-hydroxylation sites is 2. The number of nitrogens with zero attached hydrogens (tertiary/aromatic N) is 2. The molecule has 2 heterocycles. The maximum atomic E-state index is 11.7.